The number of para-hydroxylation sites is 2. The van der Waals surface area contributed by atoms with Gasteiger partial charge in [0.05, 0.1) is 18.4 Å². The monoisotopic (exact) mass is 438 g/mol. The molecule has 0 saturated carbocycles. The SMILES string of the molecule is COc1ccccc1C1=C(N2CCCc3ccccc32)C(=O)N(c2ccc(C)c(C)c2)C1=O. The highest BCUT2D eigenvalue weighted by Crippen LogP contribution is 2.41. The summed E-state index contributed by atoms with van der Waals surface area (Å²) in [5.74, 6) is -0.0648. The third-order valence-corrected chi connectivity index (χ3v) is 6.56. The van der Waals surface area contributed by atoms with Crippen LogP contribution in [0.2, 0.25) is 0 Å². The summed E-state index contributed by atoms with van der Waals surface area (Å²) in [6.07, 6.45) is 1.86. The van der Waals surface area contributed by atoms with Gasteiger partial charge < -0.3 is 9.64 Å². The first-order chi connectivity index (χ1) is 16.0. The van der Waals surface area contributed by atoms with E-state index in [9.17, 15) is 9.59 Å². The number of anilines is 2. The number of rotatable bonds is 4. The van der Waals surface area contributed by atoms with E-state index >= 15 is 0 Å². The van der Waals surface area contributed by atoms with Crippen LogP contribution in [0.15, 0.2) is 72.4 Å². The number of fused-ring (bicyclic) bond motifs is 1. The summed E-state index contributed by atoms with van der Waals surface area (Å²) in [7, 11) is 1.58. The summed E-state index contributed by atoms with van der Waals surface area (Å²) in [6, 6.07) is 21.2. The molecule has 0 N–H and O–H groups in total. The molecule has 0 aliphatic carbocycles. The van der Waals surface area contributed by atoms with Gasteiger partial charge in [0.1, 0.15) is 11.4 Å². The lowest BCUT2D eigenvalue weighted by atomic mass is 9.98. The van der Waals surface area contributed by atoms with Crippen LogP contribution >= 0.6 is 0 Å². The van der Waals surface area contributed by atoms with Gasteiger partial charge in [0.2, 0.25) is 0 Å². The Kier molecular flexibility index (Phi) is 5.25. The fraction of sp³-hybridized carbons (Fsp3) is 0.214. The second-order valence-corrected chi connectivity index (χ2v) is 8.52. The van der Waals surface area contributed by atoms with E-state index in [-0.39, 0.29) is 11.8 Å². The summed E-state index contributed by atoms with van der Waals surface area (Å²) >= 11 is 0. The van der Waals surface area contributed by atoms with Crippen molar-refractivity contribution in [3.8, 4) is 5.75 Å². The first-order valence-corrected chi connectivity index (χ1v) is 11.2. The minimum Gasteiger partial charge on any atom is -0.496 e. The minimum absolute atomic E-state index is 0.305. The molecule has 5 rings (SSSR count). The predicted octanol–water partition coefficient (Wildman–Crippen LogP) is 5.05. The molecule has 3 aromatic rings. The van der Waals surface area contributed by atoms with E-state index in [0.717, 1.165) is 29.7 Å². The Morgan fingerprint density at radius 1 is 0.848 bits per heavy atom. The van der Waals surface area contributed by atoms with Crippen LogP contribution in [0.4, 0.5) is 11.4 Å². The number of imide groups is 1. The fourth-order valence-corrected chi connectivity index (χ4v) is 4.73. The Balaban J connectivity index is 1.73. The van der Waals surface area contributed by atoms with E-state index in [2.05, 4.69) is 6.07 Å². The van der Waals surface area contributed by atoms with Crippen LogP contribution in [0.1, 0.15) is 28.7 Å². The van der Waals surface area contributed by atoms with Gasteiger partial charge >= 0.3 is 0 Å². The summed E-state index contributed by atoms with van der Waals surface area (Å²) < 4.78 is 5.59. The number of carbonyl (C=O) groups is 2. The lowest BCUT2D eigenvalue weighted by molar-refractivity contribution is -0.120. The van der Waals surface area contributed by atoms with Crippen molar-refractivity contribution in [1.82, 2.24) is 0 Å². The predicted molar refractivity (Wildman–Crippen MR) is 130 cm³/mol. The molecule has 166 valence electrons. The van der Waals surface area contributed by atoms with Gasteiger partial charge in [0, 0.05) is 17.8 Å². The number of benzene rings is 3. The van der Waals surface area contributed by atoms with E-state index in [1.165, 1.54) is 10.5 Å². The van der Waals surface area contributed by atoms with Gasteiger partial charge in [-0.1, -0.05) is 42.5 Å². The van der Waals surface area contributed by atoms with Crippen molar-refractivity contribution in [2.75, 3.05) is 23.5 Å². The molecule has 5 heteroatoms. The van der Waals surface area contributed by atoms with E-state index in [4.69, 9.17) is 4.74 Å². The molecule has 0 saturated heterocycles. The maximum atomic E-state index is 14.0. The molecule has 3 aromatic carbocycles. The molecule has 2 amide bonds. The van der Waals surface area contributed by atoms with Crippen molar-refractivity contribution in [1.29, 1.82) is 0 Å². The Labute approximate surface area is 193 Å². The average Bonchev–Trinajstić information content (AvgIpc) is 3.10. The van der Waals surface area contributed by atoms with Crippen LogP contribution in [0.3, 0.4) is 0 Å². The standard InChI is InChI=1S/C28H26N2O3/c1-18-14-15-21(17-19(18)2)30-27(31)25(22-11-5-7-13-24(22)33-3)26(28(30)32)29-16-8-10-20-9-4-6-12-23(20)29/h4-7,9,11-15,17H,8,10,16H2,1-3H3. The molecule has 0 bridgehead atoms. The third kappa shape index (κ3) is 3.41. The normalized spacial score (nSPS) is 15.8. The van der Waals surface area contributed by atoms with Gasteiger partial charge in [0.15, 0.2) is 0 Å². The quantitative estimate of drug-likeness (QED) is 0.535. The van der Waals surface area contributed by atoms with Gasteiger partial charge in [0.25, 0.3) is 11.8 Å². The highest BCUT2D eigenvalue weighted by molar-refractivity contribution is 6.46. The molecular weight excluding hydrogens is 412 g/mol. The van der Waals surface area contributed by atoms with Crippen molar-refractivity contribution < 1.29 is 14.3 Å². The lowest BCUT2D eigenvalue weighted by Gasteiger charge is -2.32. The molecule has 0 fully saturated rings. The molecule has 5 nitrogen and oxygen atoms in total. The van der Waals surface area contributed by atoms with Crippen molar-refractivity contribution in [2.45, 2.75) is 26.7 Å². The Morgan fingerprint density at radius 2 is 1.61 bits per heavy atom. The maximum Gasteiger partial charge on any atom is 0.282 e. The van der Waals surface area contributed by atoms with E-state index in [1.807, 2.05) is 79.4 Å². The van der Waals surface area contributed by atoms with E-state index in [1.54, 1.807) is 7.11 Å². The molecule has 0 spiro atoms. The maximum absolute atomic E-state index is 14.0. The largest absolute Gasteiger partial charge is 0.496 e. The zero-order valence-electron chi connectivity index (χ0n) is 19.1. The number of ether oxygens (including phenoxy) is 1. The lowest BCUT2D eigenvalue weighted by Crippen LogP contribution is -2.37. The van der Waals surface area contributed by atoms with Crippen molar-refractivity contribution in [2.24, 2.45) is 0 Å². The molecule has 2 heterocycles. The third-order valence-electron chi connectivity index (χ3n) is 6.56. The van der Waals surface area contributed by atoms with Crippen LogP contribution < -0.4 is 14.5 Å². The fourth-order valence-electron chi connectivity index (χ4n) is 4.73. The molecule has 0 atom stereocenters. The number of hydrogen-bond acceptors (Lipinski definition) is 4. The van der Waals surface area contributed by atoms with Gasteiger partial charge in [-0.3, -0.25) is 9.59 Å². The number of carbonyl (C=O) groups excluding carboxylic acids is 2. The number of amides is 2. The summed E-state index contributed by atoms with van der Waals surface area (Å²) in [4.78, 5) is 31.2. The van der Waals surface area contributed by atoms with Crippen molar-refractivity contribution in [3.63, 3.8) is 0 Å². The molecular formula is C28H26N2O3. The highest BCUT2D eigenvalue weighted by Gasteiger charge is 2.44. The Bertz CT molecular complexity index is 1310. The molecule has 33 heavy (non-hydrogen) atoms. The molecule has 0 aromatic heterocycles. The first kappa shape index (κ1) is 21.0. The molecule has 2 aliphatic rings. The molecule has 0 unspecified atom stereocenters. The summed E-state index contributed by atoms with van der Waals surface area (Å²) in [5.41, 5.74) is 6.31. The number of hydrogen-bond donors (Lipinski definition) is 0. The smallest absolute Gasteiger partial charge is 0.282 e. The van der Waals surface area contributed by atoms with Gasteiger partial charge in [-0.05, 0) is 67.6 Å². The highest BCUT2D eigenvalue weighted by atomic mass is 16.5. The zero-order valence-corrected chi connectivity index (χ0v) is 19.1. The molecule has 0 radical (unpaired) electrons. The summed E-state index contributed by atoms with van der Waals surface area (Å²) in [5, 5.41) is 0. The second-order valence-electron chi connectivity index (χ2n) is 8.52. The van der Waals surface area contributed by atoms with Crippen molar-refractivity contribution in [3.05, 3.63) is 94.7 Å². The zero-order chi connectivity index (χ0) is 23.1. The second kappa shape index (κ2) is 8.24. The van der Waals surface area contributed by atoms with Gasteiger partial charge in [-0.2, -0.15) is 0 Å². The molecule has 2 aliphatic heterocycles. The topological polar surface area (TPSA) is 49.9 Å². The van der Waals surface area contributed by atoms with Gasteiger partial charge in [-0.15, -0.1) is 0 Å². The number of aryl methyl sites for hydroxylation is 3. The minimum atomic E-state index is -0.328. The number of methoxy groups -OCH3 is 1. The average molecular weight is 439 g/mol. The van der Waals surface area contributed by atoms with E-state index < -0.39 is 0 Å². The van der Waals surface area contributed by atoms with Crippen LogP contribution in [-0.4, -0.2) is 25.5 Å². The Morgan fingerprint density at radius 3 is 2.39 bits per heavy atom. The number of nitrogens with zero attached hydrogens (tertiary/aromatic N) is 2. The summed E-state index contributed by atoms with van der Waals surface area (Å²) in [6.45, 7) is 4.67. The Hall–Kier alpha value is -3.86. The van der Waals surface area contributed by atoms with Crippen LogP contribution in [0.5, 0.6) is 5.75 Å². The van der Waals surface area contributed by atoms with Crippen LogP contribution in [0.25, 0.3) is 5.57 Å². The van der Waals surface area contributed by atoms with Crippen molar-refractivity contribution >= 4 is 28.8 Å². The van der Waals surface area contributed by atoms with Gasteiger partial charge in [-0.25, -0.2) is 4.90 Å². The van der Waals surface area contributed by atoms with Crippen LogP contribution in [-0.2, 0) is 16.0 Å². The van der Waals surface area contributed by atoms with Crippen LogP contribution in [0, 0.1) is 13.8 Å². The van der Waals surface area contributed by atoms with E-state index in [0.29, 0.717) is 34.8 Å². The first-order valence-electron chi connectivity index (χ1n) is 11.2.